The van der Waals surface area contributed by atoms with Gasteiger partial charge in [-0.2, -0.15) is 23.7 Å². The molecule has 3 rings (SSSR count). The van der Waals surface area contributed by atoms with Gasteiger partial charge in [-0.15, -0.1) is 0 Å². The average molecular weight is 441 g/mol. The summed E-state index contributed by atoms with van der Waals surface area (Å²) >= 11 is 11.6. The van der Waals surface area contributed by atoms with E-state index in [1.165, 1.54) is 6.07 Å². The van der Waals surface area contributed by atoms with Crippen LogP contribution in [0, 0.1) is 22.8 Å². The molecule has 13 heteroatoms. The topological polar surface area (TPSA) is 149 Å². The van der Waals surface area contributed by atoms with Crippen LogP contribution in [0.1, 0.15) is 28.3 Å². The summed E-state index contributed by atoms with van der Waals surface area (Å²) in [5.41, 5.74) is 10.4. The molecule has 1 atom stereocenters. The van der Waals surface area contributed by atoms with E-state index < -0.39 is 22.8 Å². The lowest BCUT2D eigenvalue weighted by Gasteiger charge is -2.27. The highest BCUT2D eigenvalue weighted by molar-refractivity contribution is 6.42. The van der Waals surface area contributed by atoms with Crippen molar-refractivity contribution in [1.82, 2.24) is 10.3 Å². The van der Waals surface area contributed by atoms with E-state index >= 15 is 0 Å². The van der Waals surface area contributed by atoms with Crippen LogP contribution < -0.4 is 22.1 Å². The Balaban J connectivity index is 2.32. The van der Waals surface area contributed by atoms with Crippen molar-refractivity contribution in [1.29, 1.82) is 10.5 Å². The van der Waals surface area contributed by atoms with Gasteiger partial charge in [-0.1, -0.05) is 23.2 Å². The number of anilines is 3. The van der Waals surface area contributed by atoms with Crippen molar-refractivity contribution in [2.75, 3.05) is 16.8 Å². The number of halogens is 5. The molecule has 0 fully saturated rings. The van der Waals surface area contributed by atoms with Gasteiger partial charge < -0.3 is 16.8 Å². The fourth-order valence-corrected chi connectivity index (χ4v) is 3.24. The number of hydrogen-bond acceptors (Lipinski definition) is 8. The van der Waals surface area contributed by atoms with Gasteiger partial charge in [-0.05, 0) is 17.7 Å². The molecular weight excluding hydrogens is 432 g/mol. The SMILES string of the molecule is N#CNC1=NC(c2cc(Cl)c(Cl)c(C(F)(F)F)c2)c2c(nc(N)c(C#N)c2N)N1. The van der Waals surface area contributed by atoms with Crippen LogP contribution in [-0.4, -0.2) is 10.9 Å². The van der Waals surface area contributed by atoms with E-state index in [1.807, 2.05) is 0 Å². The molecule has 1 aliphatic rings. The number of nitrogens with one attached hydrogen (secondary N) is 2. The number of fused-ring (bicyclic) bond motifs is 1. The minimum atomic E-state index is -4.79. The predicted octanol–water partition coefficient (Wildman–Crippen LogP) is 3.38. The highest BCUT2D eigenvalue weighted by Crippen LogP contribution is 2.45. The van der Waals surface area contributed by atoms with Crippen LogP contribution >= 0.6 is 23.2 Å². The maximum absolute atomic E-state index is 13.4. The number of benzene rings is 1. The van der Waals surface area contributed by atoms with Gasteiger partial charge in [0, 0.05) is 5.56 Å². The molecule has 0 spiro atoms. The molecule has 29 heavy (non-hydrogen) atoms. The van der Waals surface area contributed by atoms with E-state index in [4.69, 9.17) is 39.9 Å². The van der Waals surface area contributed by atoms with E-state index in [9.17, 15) is 18.4 Å². The third kappa shape index (κ3) is 3.53. The lowest BCUT2D eigenvalue weighted by molar-refractivity contribution is -0.137. The molecule has 2 aromatic rings. The maximum atomic E-state index is 13.4. The molecule has 0 amide bonds. The van der Waals surface area contributed by atoms with E-state index in [1.54, 1.807) is 12.3 Å². The van der Waals surface area contributed by atoms with Crippen molar-refractivity contribution in [2.45, 2.75) is 12.2 Å². The molecule has 6 N–H and O–H groups in total. The zero-order chi connectivity index (χ0) is 21.5. The number of nitrogen functional groups attached to an aromatic ring is 2. The third-order valence-electron chi connectivity index (χ3n) is 4.03. The monoisotopic (exact) mass is 440 g/mol. The Morgan fingerprint density at radius 3 is 2.48 bits per heavy atom. The van der Waals surface area contributed by atoms with Gasteiger partial charge >= 0.3 is 6.18 Å². The zero-order valence-electron chi connectivity index (χ0n) is 14.1. The normalized spacial score (nSPS) is 15.4. The van der Waals surface area contributed by atoms with Crippen LogP contribution in [0.25, 0.3) is 0 Å². The largest absolute Gasteiger partial charge is 0.417 e. The minimum absolute atomic E-state index is 0.0244. The Bertz CT molecular complexity index is 1130. The summed E-state index contributed by atoms with van der Waals surface area (Å²) in [4.78, 5) is 8.19. The lowest BCUT2D eigenvalue weighted by Crippen LogP contribution is -2.32. The molecule has 1 aromatic heterocycles. The van der Waals surface area contributed by atoms with Crippen LogP contribution in [0.4, 0.5) is 30.5 Å². The first-order chi connectivity index (χ1) is 13.6. The summed E-state index contributed by atoms with van der Waals surface area (Å²) in [7, 11) is 0. The maximum Gasteiger partial charge on any atom is 0.417 e. The second-order valence-corrected chi connectivity index (χ2v) is 6.55. The molecule has 1 aromatic carbocycles. The van der Waals surface area contributed by atoms with Gasteiger partial charge in [0.1, 0.15) is 29.3 Å². The first-order valence-corrected chi connectivity index (χ1v) is 8.39. The number of aliphatic imine (C=N–C) groups is 1. The summed E-state index contributed by atoms with van der Waals surface area (Å²) in [6.45, 7) is 0. The van der Waals surface area contributed by atoms with E-state index in [-0.39, 0.29) is 45.0 Å². The van der Waals surface area contributed by atoms with Gasteiger partial charge in [-0.3, -0.25) is 5.32 Å². The summed E-state index contributed by atoms with van der Waals surface area (Å²) < 4.78 is 40.1. The molecule has 1 aliphatic heterocycles. The van der Waals surface area contributed by atoms with Crippen molar-refractivity contribution < 1.29 is 13.2 Å². The summed E-state index contributed by atoms with van der Waals surface area (Å²) in [6.07, 6.45) is -3.15. The molecule has 0 radical (unpaired) electrons. The molecule has 0 saturated carbocycles. The van der Waals surface area contributed by atoms with Gasteiger partial charge in [0.2, 0.25) is 5.96 Å². The number of pyridine rings is 1. The summed E-state index contributed by atoms with van der Waals surface area (Å²) in [6, 6.07) is 2.57. The molecule has 0 bridgehead atoms. The number of nitriles is 2. The van der Waals surface area contributed by atoms with Crippen molar-refractivity contribution >= 4 is 46.5 Å². The number of alkyl halides is 3. The molecule has 1 unspecified atom stereocenters. The third-order valence-corrected chi connectivity index (χ3v) is 4.83. The van der Waals surface area contributed by atoms with Gasteiger partial charge in [0.15, 0.2) is 6.19 Å². The lowest BCUT2D eigenvalue weighted by atomic mass is 9.94. The van der Waals surface area contributed by atoms with Crippen LogP contribution in [0.15, 0.2) is 17.1 Å². The van der Waals surface area contributed by atoms with Gasteiger partial charge in [-0.25, -0.2) is 9.98 Å². The van der Waals surface area contributed by atoms with E-state index in [0.29, 0.717) is 0 Å². The highest BCUT2D eigenvalue weighted by Gasteiger charge is 2.37. The Hall–Kier alpha value is -3.41. The average Bonchev–Trinajstić information content (AvgIpc) is 2.62. The van der Waals surface area contributed by atoms with Crippen LogP contribution in [0.2, 0.25) is 10.0 Å². The first-order valence-electron chi connectivity index (χ1n) is 7.63. The first kappa shape index (κ1) is 20.3. The number of hydrogen-bond donors (Lipinski definition) is 4. The standard InChI is InChI=1S/C16H9Cl2F3N8/c17-8-2-5(1-7(10(8)18)16(19,20)21)12-9-11(24)6(3-22)13(25)28-14(9)29-15(27-12)26-4-23/h1-2,12H,(H6,24,25,26,27,28,29). The minimum Gasteiger partial charge on any atom is -0.397 e. The molecule has 2 heterocycles. The van der Waals surface area contributed by atoms with Crippen LogP contribution in [0.5, 0.6) is 0 Å². The van der Waals surface area contributed by atoms with E-state index in [2.05, 4.69) is 20.6 Å². The second kappa shape index (κ2) is 7.20. The summed E-state index contributed by atoms with van der Waals surface area (Å²) in [5.74, 6) is -0.282. The number of aromatic nitrogens is 1. The van der Waals surface area contributed by atoms with Crippen molar-refractivity contribution in [2.24, 2.45) is 4.99 Å². The summed E-state index contributed by atoms with van der Waals surface area (Å²) in [5, 5.41) is 22.0. The number of nitrogens with zero attached hydrogens (tertiary/aromatic N) is 4. The Morgan fingerprint density at radius 1 is 1.21 bits per heavy atom. The Kier molecular flexibility index (Phi) is 5.05. The number of nitrogens with two attached hydrogens (primary N) is 2. The molecule has 0 saturated heterocycles. The number of guanidine groups is 1. The number of rotatable bonds is 1. The smallest absolute Gasteiger partial charge is 0.397 e. The Morgan fingerprint density at radius 2 is 1.90 bits per heavy atom. The fraction of sp³-hybridized carbons (Fsp3) is 0.125. The van der Waals surface area contributed by atoms with E-state index in [0.717, 1.165) is 6.07 Å². The molecular formula is C16H9Cl2F3N8. The van der Waals surface area contributed by atoms with Crippen molar-refractivity contribution in [3.8, 4) is 12.3 Å². The highest BCUT2D eigenvalue weighted by atomic mass is 35.5. The predicted molar refractivity (Wildman–Crippen MR) is 101 cm³/mol. The van der Waals surface area contributed by atoms with Crippen molar-refractivity contribution in [3.63, 3.8) is 0 Å². The molecule has 148 valence electrons. The Labute approximate surface area is 171 Å². The quantitative estimate of drug-likeness (QED) is 0.392. The van der Waals surface area contributed by atoms with Crippen molar-refractivity contribution in [3.05, 3.63) is 44.4 Å². The van der Waals surface area contributed by atoms with Crippen LogP contribution in [0.3, 0.4) is 0 Å². The zero-order valence-corrected chi connectivity index (χ0v) is 15.6. The second-order valence-electron chi connectivity index (χ2n) is 5.76. The molecule has 0 aliphatic carbocycles. The van der Waals surface area contributed by atoms with Crippen LogP contribution in [-0.2, 0) is 6.18 Å². The fourth-order valence-electron chi connectivity index (χ4n) is 2.80. The van der Waals surface area contributed by atoms with Gasteiger partial charge in [0.25, 0.3) is 0 Å². The van der Waals surface area contributed by atoms with Gasteiger partial charge in [0.05, 0.1) is 21.3 Å². The molecule has 8 nitrogen and oxygen atoms in total.